The fourth-order valence-electron chi connectivity index (χ4n) is 3.34. The number of ether oxygens (including phenoxy) is 1. The summed E-state index contributed by atoms with van der Waals surface area (Å²) >= 11 is 0. The van der Waals surface area contributed by atoms with Gasteiger partial charge in [-0.25, -0.2) is 9.18 Å². The van der Waals surface area contributed by atoms with E-state index in [1.165, 1.54) is 12.1 Å². The fraction of sp³-hybridized carbons (Fsp3) is 0.550. The molecule has 0 atom stereocenters. The third-order valence-electron chi connectivity index (χ3n) is 5.19. The van der Waals surface area contributed by atoms with Crippen molar-refractivity contribution < 1.29 is 23.6 Å². The Morgan fingerprint density at radius 3 is 2.67 bits per heavy atom. The molecule has 2 aromatic rings. The van der Waals surface area contributed by atoms with Gasteiger partial charge in [-0.3, -0.25) is 4.90 Å². The van der Waals surface area contributed by atoms with Crippen LogP contribution in [-0.4, -0.2) is 84.3 Å². The molecule has 0 bridgehead atoms. The van der Waals surface area contributed by atoms with E-state index >= 15 is 0 Å². The summed E-state index contributed by atoms with van der Waals surface area (Å²) < 4.78 is 24.7. The zero-order valence-corrected chi connectivity index (χ0v) is 17.0. The summed E-state index contributed by atoms with van der Waals surface area (Å²) in [6, 6.07) is 4.80. The number of piperidine rings is 1. The number of rotatable bonds is 8. The molecule has 1 aromatic heterocycles. The van der Waals surface area contributed by atoms with E-state index in [4.69, 9.17) is 14.4 Å². The van der Waals surface area contributed by atoms with Crippen LogP contribution in [-0.2, 0) is 0 Å². The van der Waals surface area contributed by atoms with E-state index in [0.29, 0.717) is 31.0 Å². The molecule has 1 aromatic carbocycles. The van der Waals surface area contributed by atoms with Gasteiger partial charge in [0.05, 0.1) is 5.56 Å². The van der Waals surface area contributed by atoms with Crippen LogP contribution in [0.15, 0.2) is 22.7 Å². The van der Waals surface area contributed by atoms with Crippen molar-refractivity contribution in [1.29, 1.82) is 0 Å². The number of likely N-dealkylation sites (N-methyl/N-ethyl adjacent to an activating group) is 1. The number of carboxylic acids is 1. The Kier molecular flexibility index (Phi) is 8.71. The molecule has 1 N–H and O–H groups in total. The molecule has 8 nitrogen and oxygen atoms in total. The molecule has 0 unspecified atom stereocenters. The van der Waals surface area contributed by atoms with Gasteiger partial charge in [0.2, 0.25) is 0 Å². The number of halogens is 1. The number of benzene rings is 1. The number of aromatic carboxylic acids is 1. The second-order valence-electron chi connectivity index (χ2n) is 7.58. The minimum absolute atomic E-state index is 0. The second kappa shape index (κ2) is 10.8. The van der Waals surface area contributed by atoms with Crippen LogP contribution in [0.3, 0.4) is 0 Å². The second-order valence-corrected chi connectivity index (χ2v) is 7.58. The monoisotopic (exact) mass is 414 g/mol. The van der Waals surface area contributed by atoms with Gasteiger partial charge in [0.15, 0.2) is 5.82 Å². The first-order valence-electron chi connectivity index (χ1n) is 9.79. The van der Waals surface area contributed by atoms with Gasteiger partial charge in [0, 0.05) is 37.7 Å². The Bertz CT molecular complexity index is 840. The van der Waals surface area contributed by atoms with Crippen molar-refractivity contribution in [2.45, 2.75) is 38.6 Å². The first-order valence-corrected chi connectivity index (χ1v) is 9.79. The molecule has 0 amide bonds. The van der Waals surface area contributed by atoms with Crippen LogP contribution in [0.4, 0.5) is 10.4 Å². The van der Waals surface area contributed by atoms with Gasteiger partial charge in [-0.15, -0.1) is 0 Å². The number of nitrogens with zero attached hydrogens (tertiary/aromatic N) is 4. The number of aromatic nitrogens is 2. The predicted octanol–water partition coefficient (Wildman–Crippen LogP) is 2.36. The molecule has 0 saturated carbocycles. The van der Waals surface area contributed by atoms with Gasteiger partial charge in [-0.1, -0.05) is 19.0 Å². The molecule has 160 valence electrons. The van der Waals surface area contributed by atoms with Crippen molar-refractivity contribution in [3.8, 4) is 5.75 Å². The zero-order valence-electron chi connectivity index (χ0n) is 17.0. The number of carboxylic acid groups (broad SMARTS) is 1. The maximum atomic E-state index is 13.7. The Morgan fingerprint density at radius 2 is 2.10 bits per heavy atom. The quantitative estimate of drug-likeness (QED) is 0.659. The standard InChI is InChI=1S/C20H27FN4O4.Li.H/c1-13(2)18-22-20(29-23-18)25-8-6-14(7-9-25)24(3)10-11-28-15-4-5-16(19(26)27)17(21)12-15;;/h4-5,12-14H,6-11H2,1-3H3,(H,26,27);;. The summed E-state index contributed by atoms with van der Waals surface area (Å²) in [4.78, 5) is 19.7. The summed E-state index contributed by atoms with van der Waals surface area (Å²) in [5, 5.41) is 12.9. The number of hydrogen-bond donors (Lipinski definition) is 1. The number of anilines is 1. The molecule has 0 spiro atoms. The van der Waals surface area contributed by atoms with Crippen molar-refractivity contribution in [2.75, 3.05) is 38.2 Å². The van der Waals surface area contributed by atoms with Gasteiger partial charge >= 0.3 is 30.8 Å². The van der Waals surface area contributed by atoms with E-state index < -0.39 is 11.8 Å². The third-order valence-corrected chi connectivity index (χ3v) is 5.19. The first kappa shape index (κ1) is 24.2. The topological polar surface area (TPSA) is 91.9 Å². The molecule has 10 heteroatoms. The minimum atomic E-state index is -1.29. The molecule has 1 saturated heterocycles. The summed E-state index contributed by atoms with van der Waals surface area (Å²) in [5.74, 6) is -0.791. The van der Waals surface area contributed by atoms with Gasteiger partial charge in [-0.05, 0) is 32.0 Å². The SMILES string of the molecule is CC(C)c1noc(N2CCC(N(C)CCOc3ccc(C(=O)O)c(F)c3)CC2)n1.[LiH]. The van der Waals surface area contributed by atoms with Gasteiger partial charge in [0.25, 0.3) is 0 Å². The Labute approximate surface area is 187 Å². The van der Waals surface area contributed by atoms with Gasteiger partial charge in [-0.2, -0.15) is 4.98 Å². The van der Waals surface area contributed by atoms with Crippen molar-refractivity contribution >= 4 is 30.8 Å². The normalized spacial score (nSPS) is 14.8. The fourth-order valence-corrected chi connectivity index (χ4v) is 3.34. The van der Waals surface area contributed by atoms with E-state index in [2.05, 4.69) is 19.9 Å². The van der Waals surface area contributed by atoms with Gasteiger partial charge in [0.1, 0.15) is 18.2 Å². The van der Waals surface area contributed by atoms with Gasteiger partial charge < -0.3 is 19.3 Å². The molecule has 1 aliphatic heterocycles. The van der Waals surface area contributed by atoms with Crippen LogP contribution in [0.5, 0.6) is 5.75 Å². The van der Waals surface area contributed by atoms with E-state index in [0.717, 1.165) is 37.8 Å². The average Bonchev–Trinajstić information content (AvgIpc) is 3.18. The number of carbonyl (C=O) groups is 1. The summed E-state index contributed by atoms with van der Waals surface area (Å²) in [6.45, 7) is 6.84. The van der Waals surface area contributed by atoms with Crippen LogP contribution in [0.2, 0.25) is 0 Å². The van der Waals surface area contributed by atoms with Crippen molar-refractivity contribution in [3.05, 3.63) is 35.4 Å². The molecule has 30 heavy (non-hydrogen) atoms. The molecule has 2 heterocycles. The molecule has 0 radical (unpaired) electrons. The first-order chi connectivity index (χ1) is 13.8. The zero-order chi connectivity index (χ0) is 21.0. The number of hydrogen-bond acceptors (Lipinski definition) is 7. The van der Waals surface area contributed by atoms with Crippen LogP contribution in [0, 0.1) is 5.82 Å². The van der Waals surface area contributed by atoms with Crippen molar-refractivity contribution in [2.24, 2.45) is 0 Å². The van der Waals surface area contributed by atoms with Crippen LogP contribution in [0.25, 0.3) is 0 Å². The van der Waals surface area contributed by atoms with Crippen molar-refractivity contribution in [3.63, 3.8) is 0 Å². The molecule has 0 aliphatic carbocycles. The summed E-state index contributed by atoms with van der Waals surface area (Å²) in [7, 11) is 2.04. The third kappa shape index (κ3) is 5.97. The maximum absolute atomic E-state index is 13.7. The summed E-state index contributed by atoms with van der Waals surface area (Å²) in [6.07, 6.45) is 1.94. The average molecular weight is 414 g/mol. The molecule has 1 aliphatic rings. The van der Waals surface area contributed by atoms with Crippen LogP contribution >= 0.6 is 0 Å². The Morgan fingerprint density at radius 1 is 1.40 bits per heavy atom. The summed E-state index contributed by atoms with van der Waals surface area (Å²) in [5.41, 5.74) is -0.358. The van der Waals surface area contributed by atoms with E-state index in [-0.39, 0.29) is 30.3 Å². The van der Waals surface area contributed by atoms with E-state index in [1.54, 1.807) is 0 Å². The Balaban J connectivity index is 0.00000320. The molecule has 1 fully saturated rings. The predicted molar refractivity (Wildman–Crippen MR) is 112 cm³/mol. The Hall–Kier alpha value is -2.08. The van der Waals surface area contributed by atoms with Crippen molar-refractivity contribution in [1.82, 2.24) is 15.0 Å². The molecule has 3 rings (SSSR count). The van der Waals surface area contributed by atoms with Crippen LogP contribution in [0.1, 0.15) is 48.8 Å². The van der Waals surface area contributed by atoms with Crippen LogP contribution < -0.4 is 9.64 Å². The van der Waals surface area contributed by atoms with E-state index in [1.807, 2.05) is 20.9 Å². The molecular weight excluding hydrogens is 386 g/mol. The molecular formula is C20H28FLiN4O4. The van der Waals surface area contributed by atoms with E-state index in [9.17, 15) is 9.18 Å².